The molecule has 0 aromatic rings. The first-order valence-electron chi connectivity index (χ1n) is 28.4. The van der Waals surface area contributed by atoms with Crippen LogP contribution in [0, 0.1) is 0 Å². The van der Waals surface area contributed by atoms with Crippen LogP contribution in [0.3, 0.4) is 0 Å². The molecule has 0 saturated carbocycles. The molecule has 0 aliphatic rings. The van der Waals surface area contributed by atoms with E-state index < -0.39 is 48.4 Å². The van der Waals surface area contributed by atoms with Gasteiger partial charge < -0.3 is 64.4 Å². The number of likely N-dealkylation sites (N-methyl/N-ethyl adjacent to an activating group) is 1. The van der Waals surface area contributed by atoms with Crippen LogP contribution < -0.4 is 26.6 Å². The van der Waals surface area contributed by atoms with Gasteiger partial charge in [-0.05, 0) is 108 Å². The third kappa shape index (κ3) is 47.9. The number of carbonyl (C=O) groups excluding carboxylic acids is 5. The Morgan fingerprint density at radius 1 is 0.447 bits per heavy atom. The van der Waals surface area contributed by atoms with Crippen LogP contribution in [-0.4, -0.2) is 155 Å². The van der Waals surface area contributed by atoms with Crippen LogP contribution >= 0.6 is 7.60 Å². The van der Waals surface area contributed by atoms with Crippen LogP contribution in [0.4, 0.5) is 0 Å². The monoisotopic (exact) mass is 1110 g/mol. The Bertz CT molecular complexity index is 1600. The van der Waals surface area contributed by atoms with Crippen LogP contribution in [0.25, 0.3) is 0 Å². The summed E-state index contributed by atoms with van der Waals surface area (Å²) in [6.07, 6.45) is 20.8. The van der Waals surface area contributed by atoms with Crippen LogP contribution in [0.5, 0.6) is 0 Å². The zero-order valence-electron chi connectivity index (χ0n) is 48.8. The molecule has 2 atom stereocenters. The minimum Gasteiger partial charge on any atom is -0.480 e. The van der Waals surface area contributed by atoms with Crippen molar-refractivity contribution < 1.29 is 71.2 Å². The van der Waals surface area contributed by atoms with E-state index in [9.17, 15) is 33.3 Å². The number of carbonyl (C=O) groups is 6. The lowest BCUT2D eigenvalue weighted by molar-refractivity contribution is -0.159. The lowest BCUT2D eigenvalue weighted by Gasteiger charge is -2.32. The summed E-state index contributed by atoms with van der Waals surface area (Å²) in [5, 5.41) is 22.7. The molecule has 0 radical (unpaired) electrons. The maximum Gasteiger partial charge on any atom is 0.331 e. The van der Waals surface area contributed by atoms with E-state index >= 15 is 0 Å². The van der Waals surface area contributed by atoms with Gasteiger partial charge in [0.05, 0.1) is 57.0 Å². The molecule has 6 N–H and O–H groups in total. The Morgan fingerprint density at radius 3 is 1.30 bits per heavy atom. The normalized spacial score (nSPS) is 13.0. The number of unbranched alkanes of at least 4 members (excludes halogenated alkanes) is 16. The van der Waals surface area contributed by atoms with Crippen molar-refractivity contribution in [1.29, 1.82) is 0 Å². The number of carboxylic acid groups (broad SMARTS) is 1. The number of carboxylic acids is 1. The maximum atomic E-state index is 13.3. The smallest absolute Gasteiger partial charge is 0.331 e. The minimum atomic E-state index is -3.14. The number of ether oxygens (including phenoxy) is 5. The van der Waals surface area contributed by atoms with Gasteiger partial charge in [0, 0.05) is 32.5 Å². The fraction of sp³-hybridized carbons (Fsp3) is 0.891. The maximum absolute atomic E-state index is 13.3. The number of esters is 1. The predicted octanol–water partition coefficient (Wildman–Crippen LogP) is 8.31. The highest BCUT2D eigenvalue weighted by atomic mass is 31.2. The van der Waals surface area contributed by atoms with Crippen LogP contribution in [0.1, 0.15) is 204 Å². The highest BCUT2D eigenvalue weighted by molar-refractivity contribution is 7.53. The van der Waals surface area contributed by atoms with E-state index in [-0.39, 0.29) is 102 Å². The largest absolute Gasteiger partial charge is 0.480 e. The first-order chi connectivity index (χ1) is 35.8. The van der Waals surface area contributed by atoms with Crippen molar-refractivity contribution >= 4 is 43.2 Å². The number of amides is 4. The van der Waals surface area contributed by atoms with Gasteiger partial charge in [0.2, 0.25) is 23.6 Å². The Hall–Kier alpha value is -3.23. The van der Waals surface area contributed by atoms with Gasteiger partial charge in [0.15, 0.2) is 0 Å². The summed E-state index contributed by atoms with van der Waals surface area (Å²) in [6.45, 7) is 18.7. The average molecular weight is 1110 g/mol. The van der Waals surface area contributed by atoms with E-state index in [1.54, 1.807) is 27.8 Å². The summed E-state index contributed by atoms with van der Waals surface area (Å²) in [4.78, 5) is 73.3. The molecule has 21 heteroatoms. The summed E-state index contributed by atoms with van der Waals surface area (Å²) < 4.78 is 52.2. The SMILES string of the molecule is CN[C@@H](CCCCNC(=O)COCCOCCNC(=O)COCCOCCNC(=O)CC[C@H](NC(=O)CCCCCCCCCCCCCCCCCCP(=O)(OC(C)(C)C)OC(C)(C)C)C(=O)OC(C)(C)C)C(=O)O. The highest BCUT2D eigenvalue weighted by Gasteiger charge is 2.34. The Kier molecular flexibility index (Phi) is 41.8. The van der Waals surface area contributed by atoms with Crippen molar-refractivity contribution in [2.24, 2.45) is 0 Å². The van der Waals surface area contributed by atoms with Gasteiger partial charge >= 0.3 is 19.5 Å². The lowest BCUT2D eigenvalue weighted by Crippen LogP contribution is -2.44. The molecule has 0 saturated heterocycles. The first kappa shape index (κ1) is 72.8. The van der Waals surface area contributed by atoms with E-state index in [4.69, 9.17) is 37.8 Å². The van der Waals surface area contributed by atoms with Crippen LogP contribution in [0.2, 0.25) is 0 Å². The molecule has 446 valence electrons. The van der Waals surface area contributed by atoms with E-state index in [2.05, 4.69) is 26.6 Å². The van der Waals surface area contributed by atoms with Gasteiger partial charge in [-0.25, -0.2) is 4.79 Å². The van der Waals surface area contributed by atoms with Gasteiger partial charge in [-0.2, -0.15) is 0 Å². The molecule has 0 bridgehead atoms. The third-order valence-corrected chi connectivity index (χ3v) is 13.8. The molecular weight excluding hydrogens is 1000 g/mol. The molecular formula is C55H106N5O15P. The highest BCUT2D eigenvalue weighted by Crippen LogP contribution is 2.55. The molecule has 0 aliphatic heterocycles. The second-order valence-corrected chi connectivity index (χ2v) is 24.4. The number of rotatable bonds is 49. The van der Waals surface area contributed by atoms with Crippen molar-refractivity contribution in [2.75, 3.05) is 85.7 Å². The standard InChI is InChI=1S/C55H106N5O15P/c1-53(2,3)73-52(67)46(60-48(62)30-25-23-21-19-17-15-13-11-12-14-16-18-20-22-24-28-42-76(68,74-54(4,5)6)75-55(7,8)9)31-32-47(61)58-34-36-69-38-41-72-44-50(64)59-35-37-70-39-40-71-43-49(63)57-33-27-26-29-45(56-10)51(65)66/h45-46,56H,11-44H2,1-10H3,(H,57,63)(H,58,61)(H,59,64)(H,60,62)(H,65,66)/t45-,46-/m0/s1. The van der Waals surface area contributed by atoms with E-state index in [0.717, 1.165) is 44.9 Å². The molecule has 76 heavy (non-hydrogen) atoms. The lowest BCUT2D eigenvalue weighted by atomic mass is 10.0. The summed E-state index contributed by atoms with van der Waals surface area (Å²) in [5.41, 5.74) is -1.77. The average Bonchev–Trinajstić information content (AvgIpc) is 3.30. The molecule has 0 fully saturated rings. The number of nitrogens with one attached hydrogen (secondary N) is 5. The second kappa shape index (κ2) is 43.6. The van der Waals surface area contributed by atoms with Gasteiger partial charge in [-0.3, -0.25) is 28.5 Å². The quantitative estimate of drug-likeness (QED) is 0.0190. The topological polar surface area (TPSA) is 264 Å². The summed E-state index contributed by atoms with van der Waals surface area (Å²) >= 11 is 0. The van der Waals surface area contributed by atoms with Crippen molar-refractivity contribution in [2.45, 2.75) is 232 Å². The summed E-state index contributed by atoms with van der Waals surface area (Å²) in [7, 11) is -1.54. The summed E-state index contributed by atoms with van der Waals surface area (Å²) in [6, 6.07) is -1.54. The third-order valence-electron chi connectivity index (χ3n) is 11.3. The molecule has 20 nitrogen and oxygen atoms in total. The molecule has 0 aliphatic carbocycles. The first-order valence-corrected chi connectivity index (χ1v) is 30.1. The second-order valence-electron chi connectivity index (χ2n) is 22.4. The molecule has 0 unspecified atom stereocenters. The van der Waals surface area contributed by atoms with Gasteiger partial charge in [0.1, 0.15) is 30.9 Å². The van der Waals surface area contributed by atoms with E-state index in [1.807, 2.05) is 41.5 Å². The zero-order chi connectivity index (χ0) is 57.1. The van der Waals surface area contributed by atoms with E-state index in [1.165, 1.54) is 57.8 Å². The van der Waals surface area contributed by atoms with Crippen molar-refractivity contribution in [3.05, 3.63) is 0 Å². The van der Waals surface area contributed by atoms with Gasteiger partial charge in [0.25, 0.3) is 0 Å². The Balaban J connectivity index is 4.00. The Labute approximate surface area is 457 Å². The fourth-order valence-electron chi connectivity index (χ4n) is 7.75. The molecule has 0 rings (SSSR count). The van der Waals surface area contributed by atoms with Gasteiger partial charge in [-0.1, -0.05) is 89.9 Å². The number of hydrogen-bond acceptors (Lipinski definition) is 15. The van der Waals surface area contributed by atoms with Crippen molar-refractivity contribution in [1.82, 2.24) is 26.6 Å². The molecule has 0 aromatic heterocycles. The molecule has 4 amide bonds. The van der Waals surface area contributed by atoms with Crippen LogP contribution in [-0.2, 0) is 66.1 Å². The number of aliphatic carboxylic acids is 1. The zero-order valence-corrected chi connectivity index (χ0v) is 49.7. The van der Waals surface area contributed by atoms with E-state index in [0.29, 0.717) is 38.4 Å². The van der Waals surface area contributed by atoms with Crippen molar-refractivity contribution in [3.63, 3.8) is 0 Å². The minimum absolute atomic E-state index is 0.00950. The number of hydrogen-bond donors (Lipinski definition) is 6. The fourth-order valence-corrected chi connectivity index (χ4v) is 10.3. The van der Waals surface area contributed by atoms with Crippen LogP contribution in [0.15, 0.2) is 0 Å². The summed E-state index contributed by atoms with van der Waals surface area (Å²) in [5.74, 6) is -2.58. The predicted molar refractivity (Wildman–Crippen MR) is 296 cm³/mol. The van der Waals surface area contributed by atoms with Crippen molar-refractivity contribution in [3.8, 4) is 0 Å². The Morgan fingerprint density at radius 2 is 0.868 bits per heavy atom. The molecule has 0 aromatic carbocycles. The molecule has 0 spiro atoms. The molecule has 0 heterocycles. The van der Waals surface area contributed by atoms with Gasteiger partial charge in [-0.15, -0.1) is 0 Å².